The highest BCUT2D eigenvalue weighted by molar-refractivity contribution is 5.82. The third kappa shape index (κ3) is 8.25. The molecule has 0 unspecified atom stereocenters. The van der Waals surface area contributed by atoms with Crippen LogP contribution in [0.3, 0.4) is 0 Å². The highest BCUT2D eigenvalue weighted by Crippen LogP contribution is 1.86. The smallest absolute Gasteiger partial charge is 0.330 e. The molecule has 5 heteroatoms. The van der Waals surface area contributed by atoms with Crippen molar-refractivity contribution in [3.8, 4) is 0 Å². The van der Waals surface area contributed by atoms with Crippen molar-refractivity contribution in [1.29, 1.82) is 0 Å². The fourth-order valence-electron chi connectivity index (χ4n) is 0.557. The zero-order valence-corrected chi connectivity index (χ0v) is 7.30. The molecule has 0 saturated carbocycles. The minimum absolute atomic E-state index is 0.0947. The summed E-state index contributed by atoms with van der Waals surface area (Å²) in [5, 5.41) is 9.87. The first-order chi connectivity index (χ1) is 6.16. The van der Waals surface area contributed by atoms with E-state index >= 15 is 0 Å². The number of nitrogens with zero attached hydrogens (tertiary/aromatic N) is 1. The minimum Gasteiger partial charge on any atom is -0.466 e. The summed E-state index contributed by atoms with van der Waals surface area (Å²) in [5.74, 6) is -0.445. The van der Waals surface area contributed by atoms with Crippen LogP contribution in [0.25, 0.3) is 0 Å². The first-order valence-corrected chi connectivity index (χ1v) is 3.69. The lowest BCUT2D eigenvalue weighted by atomic mass is 10.3. The van der Waals surface area contributed by atoms with Crippen LogP contribution in [0.5, 0.6) is 0 Å². The van der Waals surface area contributed by atoms with Gasteiger partial charge < -0.3 is 4.74 Å². The molecule has 5 nitrogen and oxygen atoms in total. The van der Waals surface area contributed by atoms with Gasteiger partial charge in [0.05, 0.1) is 7.11 Å². The number of hydrogen-bond acceptors (Lipinski definition) is 4. The summed E-state index contributed by atoms with van der Waals surface area (Å²) in [6, 6.07) is 0. The van der Waals surface area contributed by atoms with Crippen molar-refractivity contribution in [2.75, 3.05) is 13.7 Å². The number of carbonyl (C=O) groups excluding carboxylic acids is 1. The van der Waals surface area contributed by atoms with Gasteiger partial charge in [0.2, 0.25) is 6.54 Å². The Morgan fingerprint density at radius 3 is 2.77 bits per heavy atom. The lowest BCUT2D eigenvalue weighted by molar-refractivity contribution is -0.478. The number of rotatable bonds is 5. The van der Waals surface area contributed by atoms with E-state index in [0.29, 0.717) is 6.42 Å². The van der Waals surface area contributed by atoms with Crippen LogP contribution in [0.15, 0.2) is 24.3 Å². The average molecular weight is 185 g/mol. The van der Waals surface area contributed by atoms with Crippen LogP contribution in [0.2, 0.25) is 0 Å². The van der Waals surface area contributed by atoms with Crippen molar-refractivity contribution in [1.82, 2.24) is 0 Å². The molecule has 0 aliphatic carbocycles. The highest BCUT2D eigenvalue weighted by atomic mass is 16.6. The fraction of sp³-hybridized carbons (Fsp3) is 0.375. The van der Waals surface area contributed by atoms with Crippen molar-refractivity contribution in [2.45, 2.75) is 6.42 Å². The van der Waals surface area contributed by atoms with Crippen LogP contribution >= 0.6 is 0 Å². The Kier molecular flexibility index (Phi) is 6.13. The maximum absolute atomic E-state index is 10.5. The summed E-state index contributed by atoms with van der Waals surface area (Å²) in [4.78, 5) is 20.0. The van der Waals surface area contributed by atoms with E-state index in [0.717, 1.165) is 0 Å². The van der Waals surface area contributed by atoms with Gasteiger partial charge in [-0.1, -0.05) is 18.2 Å². The van der Waals surface area contributed by atoms with Gasteiger partial charge in [-0.05, 0) is 0 Å². The van der Waals surface area contributed by atoms with E-state index in [-0.39, 0.29) is 6.54 Å². The van der Waals surface area contributed by atoms with Crippen molar-refractivity contribution in [3.63, 3.8) is 0 Å². The molecule has 0 aliphatic rings. The Bertz CT molecular complexity index is 232. The summed E-state index contributed by atoms with van der Waals surface area (Å²) < 4.78 is 4.33. The number of nitro groups is 1. The van der Waals surface area contributed by atoms with E-state index in [4.69, 9.17) is 0 Å². The normalized spacial score (nSPS) is 10.8. The molecule has 0 radical (unpaired) electrons. The monoisotopic (exact) mass is 185 g/mol. The molecule has 0 spiro atoms. The van der Waals surface area contributed by atoms with Gasteiger partial charge in [-0.25, -0.2) is 4.79 Å². The van der Waals surface area contributed by atoms with Gasteiger partial charge in [-0.15, -0.1) is 0 Å². The average Bonchev–Trinajstić information content (AvgIpc) is 2.10. The molecule has 0 saturated heterocycles. The maximum Gasteiger partial charge on any atom is 0.330 e. The zero-order valence-electron chi connectivity index (χ0n) is 7.30. The summed E-state index contributed by atoms with van der Waals surface area (Å²) in [6.45, 7) is -0.0947. The molecule has 0 aromatic rings. The van der Waals surface area contributed by atoms with E-state index in [1.807, 2.05) is 0 Å². The third-order valence-electron chi connectivity index (χ3n) is 1.16. The molecular formula is C8H11NO4. The Morgan fingerprint density at radius 2 is 2.23 bits per heavy atom. The van der Waals surface area contributed by atoms with E-state index in [1.54, 1.807) is 12.2 Å². The third-order valence-corrected chi connectivity index (χ3v) is 1.16. The second-order valence-electron chi connectivity index (χ2n) is 2.16. The molecule has 0 rings (SSSR count). The predicted octanol–water partition coefficient (Wildman–Crippen LogP) is 0.939. The zero-order chi connectivity index (χ0) is 10.1. The summed E-state index contributed by atoms with van der Waals surface area (Å²) in [5.41, 5.74) is 0. The van der Waals surface area contributed by atoms with Gasteiger partial charge in [-0.3, -0.25) is 10.1 Å². The quantitative estimate of drug-likeness (QED) is 0.210. The summed E-state index contributed by atoms with van der Waals surface area (Å²) >= 11 is 0. The maximum atomic E-state index is 10.5. The Morgan fingerprint density at radius 1 is 1.54 bits per heavy atom. The van der Waals surface area contributed by atoms with Gasteiger partial charge in [0.25, 0.3) is 0 Å². The molecule has 0 aliphatic heterocycles. The van der Waals surface area contributed by atoms with E-state index in [2.05, 4.69) is 4.74 Å². The molecule has 0 N–H and O–H groups in total. The molecule has 0 aromatic heterocycles. The second kappa shape index (κ2) is 7.02. The molecule has 0 atom stereocenters. The van der Waals surface area contributed by atoms with Crippen LogP contribution in [0, 0.1) is 10.1 Å². The fourth-order valence-corrected chi connectivity index (χ4v) is 0.557. The predicted molar refractivity (Wildman–Crippen MR) is 46.8 cm³/mol. The van der Waals surface area contributed by atoms with E-state index in [1.165, 1.54) is 19.3 Å². The van der Waals surface area contributed by atoms with Crippen molar-refractivity contribution in [2.24, 2.45) is 0 Å². The van der Waals surface area contributed by atoms with Crippen molar-refractivity contribution in [3.05, 3.63) is 34.4 Å². The van der Waals surface area contributed by atoms with Crippen molar-refractivity contribution < 1.29 is 14.5 Å². The Balaban J connectivity index is 3.57. The molecule has 0 aromatic carbocycles. The van der Waals surface area contributed by atoms with Crippen LogP contribution < -0.4 is 0 Å². The number of allylic oxidation sites excluding steroid dienone is 2. The standard InChI is InChI=1S/C8H11NO4/c1-13-8(10)6-4-2-3-5-7-9(11)12/h2-4,6H,5,7H2,1H3/b3-2+,6-4+. The Labute approximate surface area is 75.8 Å². The van der Waals surface area contributed by atoms with Gasteiger partial charge in [0.1, 0.15) is 0 Å². The van der Waals surface area contributed by atoms with Gasteiger partial charge in [0, 0.05) is 17.4 Å². The molecule has 72 valence electrons. The van der Waals surface area contributed by atoms with E-state index in [9.17, 15) is 14.9 Å². The van der Waals surface area contributed by atoms with Crippen LogP contribution in [-0.4, -0.2) is 24.5 Å². The minimum atomic E-state index is -0.445. The van der Waals surface area contributed by atoms with E-state index < -0.39 is 10.9 Å². The molecule has 13 heavy (non-hydrogen) atoms. The van der Waals surface area contributed by atoms with Gasteiger partial charge in [0.15, 0.2) is 0 Å². The second-order valence-corrected chi connectivity index (χ2v) is 2.16. The van der Waals surface area contributed by atoms with Gasteiger partial charge >= 0.3 is 5.97 Å². The number of ether oxygens (including phenoxy) is 1. The van der Waals surface area contributed by atoms with Crippen molar-refractivity contribution >= 4 is 5.97 Å². The lowest BCUT2D eigenvalue weighted by Crippen LogP contribution is -1.97. The van der Waals surface area contributed by atoms with Crippen LogP contribution in [-0.2, 0) is 9.53 Å². The molecule has 0 amide bonds. The summed E-state index contributed by atoms with van der Waals surface area (Å²) in [7, 11) is 1.28. The molecule has 0 fully saturated rings. The SMILES string of the molecule is COC(=O)/C=C/C=C/CC[N+](=O)[O-]. The molecular weight excluding hydrogens is 174 g/mol. The molecule has 0 bridgehead atoms. The lowest BCUT2D eigenvalue weighted by Gasteiger charge is -1.86. The number of esters is 1. The summed E-state index contributed by atoms with van der Waals surface area (Å²) in [6.07, 6.45) is 6.26. The largest absolute Gasteiger partial charge is 0.466 e. The Hall–Kier alpha value is -1.65. The van der Waals surface area contributed by atoms with Gasteiger partial charge in [-0.2, -0.15) is 0 Å². The molecule has 0 heterocycles. The number of hydrogen-bond donors (Lipinski definition) is 0. The highest BCUT2D eigenvalue weighted by Gasteiger charge is 1.90. The number of methoxy groups -OCH3 is 1. The first-order valence-electron chi connectivity index (χ1n) is 3.69. The van der Waals surface area contributed by atoms with Crippen LogP contribution in [0.1, 0.15) is 6.42 Å². The van der Waals surface area contributed by atoms with Crippen LogP contribution in [0.4, 0.5) is 0 Å². The topological polar surface area (TPSA) is 69.4 Å². The number of carbonyl (C=O) groups is 1. The first kappa shape index (κ1) is 11.4.